The number of rotatable bonds is 5. The summed E-state index contributed by atoms with van der Waals surface area (Å²) in [4.78, 5) is 24.6. The second-order valence-corrected chi connectivity index (χ2v) is 5.84. The molecule has 1 aromatic heterocycles. The van der Waals surface area contributed by atoms with Gasteiger partial charge in [-0.2, -0.15) is 0 Å². The Bertz CT molecular complexity index is 468. The molecule has 0 aromatic carbocycles. The van der Waals surface area contributed by atoms with E-state index in [1.807, 2.05) is 20.8 Å². The lowest BCUT2D eigenvalue weighted by atomic mass is 10.1. The van der Waals surface area contributed by atoms with E-state index in [0.717, 1.165) is 4.88 Å². The largest absolute Gasteiger partial charge is 0.462 e. The third-order valence-corrected chi connectivity index (χ3v) is 3.57. The van der Waals surface area contributed by atoms with Crippen molar-refractivity contribution in [3.63, 3.8) is 0 Å². The molecule has 0 saturated carbocycles. The summed E-state index contributed by atoms with van der Waals surface area (Å²) >= 11 is 1.34. The van der Waals surface area contributed by atoms with Gasteiger partial charge in [0.25, 0.3) is 0 Å². The van der Waals surface area contributed by atoms with Crippen LogP contribution in [-0.4, -0.2) is 24.5 Å². The highest BCUT2D eigenvalue weighted by Gasteiger charge is 2.22. The molecular formula is C13H20N2O3S. The molecule has 0 bridgehead atoms. The van der Waals surface area contributed by atoms with Gasteiger partial charge < -0.3 is 15.8 Å². The van der Waals surface area contributed by atoms with E-state index in [2.05, 4.69) is 5.32 Å². The van der Waals surface area contributed by atoms with Gasteiger partial charge >= 0.3 is 5.97 Å². The van der Waals surface area contributed by atoms with Crippen LogP contribution in [0.3, 0.4) is 0 Å². The average molecular weight is 284 g/mol. The van der Waals surface area contributed by atoms with Crippen molar-refractivity contribution < 1.29 is 14.3 Å². The average Bonchev–Trinajstić information content (AvgIpc) is 2.69. The highest BCUT2D eigenvalue weighted by Crippen LogP contribution is 2.28. The molecule has 1 aromatic rings. The van der Waals surface area contributed by atoms with Crippen molar-refractivity contribution >= 4 is 28.2 Å². The maximum Gasteiger partial charge on any atom is 0.341 e. The van der Waals surface area contributed by atoms with Crippen molar-refractivity contribution in [3.05, 3.63) is 16.5 Å². The molecule has 1 atom stereocenters. The van der Waals surface area contributed by atoms with Gasteiger partial charge in [-0.05, 0) is 25.8 Å². The van der Waals surface area contributed by atoms with Crippen LogP contribution in [0.5, 0.6) is 0 Å². The molecule has 1 amide bonds. The quantitative estimate of drug-likeness (QED) is 0.812. The van der Waals surface area contributed by atoms with Gasteiger partial charge in [0, 0.05) is 4.88 Å². The van der Waals surface area contributed by atoms with Crippen LogP contribution in [0.1, 0.15) is 36.0 Å². The highest BCUT2D eigenvalue weighted by molar-refractivity contribution is 7.16. The number of aryl methyl sites for hydroxylation is 1. The normalized spacial score (nSPS) is 12.3. The number of amides is 1. The fourth-order valence-electron chi connectivity index (χ4n) is 1.47. The molecule has 0 spiro atoms. The third kappa shape index (κ3) is 4.04. The molecule has 0 aliphatic heterocycles. The van der Waals surface area contributed by atoms with Gasteiger partial charge in [-0.1, -0.05) is 13.8 Å². The second kappa shape index (κ2) is 6.68. The van der Waals surface area contributed by atoms with E-state index in [1.165, 1.54) is 11.3 Å². The first kappa shape index (κ1) is 15.7. The number of nitrogens with one attached hydrogen (secondary N) is 1. The fraction of sp³-hybridized carbons (Fsp3) is 0.538. The zero-order valence-electron chi connectivity index (χ0n) is 11.6. The van der Waals surface area contributed by atoms with E-state index in [9.17, 15) is 9.59 Å². The molecule has 0 saturated heterocycles. The molecule has 0 aliphatic rings. The third-order valence-electron chi connectivity index (χ3n) is 2.61. The Morgan fingerprint density at radius 2 is 2.11 bits per heavy atom. The Hall–Kier alpha value is -1.40. The number of carbonyl (C=O) groups is 2. The number of carbonyl (C=O) groups excluding carboxylic acids is 2. The molecule has 1 rings (SSSR count). The predicted molar refractivity (Wildman–Crippen MR) is 76.5 cm³/mol. The van der Waals surface area contributed by atoms with E-state index in [0.29, 0.717) is 17.2 Å². The van der Waals surface area contributed by atoms with Crippen LogP contribution in [0.2, 0.25) is 0 Å². The van der Waals surface area contributed by atoms with Crippen molar-refractivity contribution in [3.8, 4) is 0 Å². The van der Waals surface area contributed by atoms with Gasteiger partial charge in [0.15, 0.2) is 0 Å². The summed E-state index contributed by atoms with van der Waals surface area (Å²) in [6.07, 6.45) is 0. The minimum atomic E-state index is -0.600. The van der Waals surface area contributed by atoms with Crippen molar-refractivity contribution in [1.29, 1.82) is 0 Å². The molecule has 5 nitrogen and oxygen atoms in total. The van der Waals surface area contributed by atoms with Crippen LogP contribution in [0.15, 0.2) is 6.07 Å². The van der Waals surface area contributed by atoms with E-state index in [-0.39, 0.29) is 11.8 Å². The molecule has 1 heterocycles. The highest BCUT2D eigenvalue weighted by atomic mass is 32.1. The molecule has 19 heavy (non-hydrogen) atoms. The molecule has 0 aliphatic carbocycles. The monoisotopic (exact) mass is 284 g/mol. The van der Waals surface area contributed by atoms with Crippen LogP contribution in [0.4, 0.5) is 5.00 Å². The SMILES string of the molecule is CCOC(=O)c1cc(C)sc1NC(=O)[C@H](N)C(C)C. The topological polar surface area (TPSA) is 81.4 Å². The lowest BCUT2D eigenvalue weighted by molar-refractivity contribution is -0.118. The number of hydrogen-bond donors (Lipinski definition) is 2. The Morgan fingerprint density at radius 3 is 2.63 bits per heavy atom. The first-order chi connectivity index (χ1) is 8.86. The van der Waals surface area contributed by atoms with Gasteiger partial charge in [0.2, 0.25) is 5.91 Å². The zero-order chi connectivity index (χ0) is 14.6. The lowest BCUT2D eigenvalue weighted by Crippen LogP contribution is -2.39. The molecule has 106 valence electrons. The van der Waals surface area contributed by atoms with Crippen molar-refractivity contribution in [1.82, 2.24) is 0 Å². The van der Waals surface area contributed by atoms with Crippen LogP contribution < -0.4 is 11.1 Å². The summed E-state index contributed by atoms with van der Waals surface area (Å²) in [5.41, 5.74) is 6.16. The van der Waals surface area contributed by atoms with Crippen molar-refractivity contribution in [2.45, 2.75) is 33.7 Å². The second-order valence-electron chi connectivity index (χ2n) is 4.58. The Balaban J connectivity index is 2.89. The summed E-state index contributed by atoms with van der Waals surface area (Å²) in [6, 6.07) is 1.11. The predicted octanol–water partition coefficient (Wildman–Crippen LogP) is 2.16. The van der Waals surface area contributed by atoms with Crippen LogP contribution >= 0.6 is 11.3 Å². The maximum absolute atomic E-state index is 11.9. The van der Waals surface area contributed by atoms with Gasteiger partial charge in [-0.3, -0.25) is 4.79 Å². The molecular weight excluding hydrogens is 264 g/mol. The Kier molecular flexibility index (Phi) is 5.50. The minimum Gasteiger partial charge on any atom is -0.462 e. The van der Waals surface area contributed by atoms with Crippen molar-refractivity contribution in [2.75, 3.05) is 11.9 Å². The molecule has 0 radical (unpaired) electrons. The lowest BCUT2D eigenvalue weighted by Gasteiger charge is -2.15. The summed E-state index contributed by atoms with van der Waals surface area (Å²) in [5.74, 6) is -0.685. The molecule has 0 fully saturated rings. The van der Waals surface area contributed by atoms with Crippen LogP contribution in [0, 0.1) is 12.8 Å². The number of hydrogen-bond acceptors (Lipinski definition) is 5. The zero-order valence-corrected chi connectivity index (χ0v) is 12.5. The van der Waals surface area contributed by atoms with Gasteiger partial charge in [-0.15, -0.1) is 11.3 Å². The van der Waals surface area contributed by atoms with Crippen LogP contribution in [-0.2, 0) is 9.53 Å². The Labute approximate surface area is 117 Å². The standard InChI is InChI=1S/C13H20N2O3S/c1-5-18-13(17)9-6-8(4)19-12(9)15-11(16)10(14)7(2)3/h6-7,10H,5,14H2,1-4H3,(H,15,16)/t10-/m1/s1. The summed E-state index contributed by atoms with van der Waals surface area (Å²) in [5, 5.41) is 3.20. The number of thiophene rings is 1. The molecule has 6 heteroatoms. The van der Waals surface area contributed by atoms with Gasteiger partial charge in [0.05, 0.1) is 18.2 Å². The minimum absolute atomic E-state index is 0.0344. The first-order valence-electron chi connectivity index (χ1n) is 6.20. The smallest absolute Gasteiger partial charge is 0.341 e. The molecule has 0 unspecified atom stereocenters. The van der Waals surface area contributed by atoms with E-state index in [1.54, 1.807) is 13.0 Å². The fourth-order valence-corrected chi connectivity index (χ4v) is 2.37. The number of nitrogens with two attached hydrogens (primary N) is 1. The number of anilines is 1. The number of ether oxygens (including phenoxy) is 1. The Morgan fingerprint density at radius 1 is 1.47 bits per heavy atom. The van der Waals surface area contributed by atoms with Crippen molar-refractivity contribution in [2.24, 2.45) is 11.7 Å². The summed E-state index contributed by atoms with van der Waals surface area (Å²) in [6.45, 7) is 7.65. The van der Waals surface area contributed by atoms with Crippen LogP contribution in [0.25, 0.3) is 0 Å². The van der Waals surface area contributed by atoms with Gasteiger partial charge in [0.1, 0.15) is 5.00 Å². The van der Waals surface area contributed by atoms with E-state index in [4.69, 9.17) is 10.5 Å². The maximum atomic E-state index is 11.9. The summed E-state index contributed by atoms with van der Waals surface area (Å²) in [7, 11) is 0. The first-order valence-corrected chi connectivity index (χ1v) is 7.02. The van der Waals surface area contributed by atoms with E-state index >= 15 is 0 Å². The number of esters is 1. The van der Waals surface area contributed by atoms with E-state index < -0.39 is 12.0 Å². The summed E-state index contributed by atoms with van der Waals surface area (Å²) < 4.78 is 4.96. The molecule has 3 N–H and O–H groups in total. The van der Waals surface area contributed by atoms with Gasteiger partial charge in [-0.25, -0.2) is 4.79 Å².